The molecule has 0 aliphatic carbocycles. The third-order valence-electron chi connectivity index (χ3n) is 5.63. The largest absolute Gasteiger partial charge is 0.495 e. The maximum atomic E-state index is 12.6. The van der Waals surface area contributed by atoms with Gasteiger partial charge in [-0.3, -0.25) is 14.4 Å². The molecule has 0 saturated carbocycles. The maximum absolute atomic E-state index is 12.6. The summed E-state index contributed by atoms with van der Waals surface area (Å²) >= 11 is 0. The van der Waals surface area contributed by atoms with Crippen LogP contribution in [0, 0.1) is 5.92 Å². The van der Waals surface area contributed by atoms with Crippen LogP contribution in [0.15, 0.2) is 72.8 Å². The molecule has 0 spiro atoms. The van der Waals surface area contributed by atoms with Gasteiger partial charge in [0.1, 0.15) is 11.5 Å². The lowest BCUT2D eigenvalue weighted by Gasteiger charge is -2.17. The van der Waals surface area contributed by atoms with Gasteiger partial charge in [0.25, 0.3) is 5.91 Å². The minimum absolute atomic E-state index is 0.00638. The number of para-hydroxylation sites is 4. The van der Waals surface area contributed by atoms with Gasteiger partial charge in [-0.1, -0.05) is 24.3 Å². The van der Waals surface area contributed by atoms with Gasteiger partial charge in [0.05, 0.1) is 25.8 Å². The topological polar surface area (TPSA) is 103 Å². The number of carbonyl (C=O) groups excluding carboxylic acids is 3. The van der Waals surface area contributed by atoms with Crippen molar-refractivity contribution in [1.29, 1.82) is 0 Å². The molecule has 9 heteroatoms. The molecule has 4 rings (SSSR count). The molecule has 1 N–H and O–H groups in total. The first kappa shape index (κ1) is 24.6. The van der Waals surface area contributed by atoms with E-state index in [0.29, 0.717) is 34.4 Å². The van der Waals surface area contributed by atoms with Crippen molar-refractivity contribution >= 4 is 29.2 Å². The Morgan fingerprint density at radius 1 is 0.889 bits per heavy atom. The summed E-state index contributed by atoms with van der Waals surface area (Å²) in [5.41, 5.74) is 1.11. The molecule has 1 aliphatic heterocycles. The number of benzene rings is 3. The summed E-state index contributed by atoms with van der Waals surface area (Å²) in [6.07, 6.45) is 0.00638. The number of amides is 2. The van der Waals surface area contributed by atoms with E-state index in [-0.39, 0.29) is 18.9 Å². The van der Waals surface area contributed by atoms with Crippen molar-refractivity contribution < 1.29 is 33.3 Å². The summed E-state index contributed by atoms with van der Waals surface area (Å²) in [4.78, 5) is 38.8. The Hall–Kier alpha value is -4.53. The predicted octanol–water partition coefficient (Wildman–Crippen LogP) is 4.03. The Bertz CT molecular complexity index is 1240. The summed E-state index contributed by atoms with van der Waals surface area (Å²) in [6, 6.07) is 21.2. The molecule has 3 aromatic rings. The highest BCUT2D eigenvalue weighted by Gasteiger charge is 2.36. The van der Waals surface area contributed by atoms with E-state index in [0.717, 1.165) is 0 Å². The molecule has 1 fully saturated rings. The van der Waals surface area contributed by atoms with Crippen LogP contribution in [0.1, 0.15) is 6.42 Å². The molecule has 0 bridgehead atoms. The van der Waals surface area contributed by atoms with Crippen LogP contribution >= 0.6 is 0 Å². The van der Waals surface area contributed by atoms with E-state index in [4.69, 9.17) is 18.9 Å². The Morgan fingerprint density at radius 2 is 1.53 bits per heavy atom. The molecule has 1 saturated heterocycles. The number of anilines is 2. The van der Waals surface area contributed by atoms with Crippen LogP contribution in [0.4, 0.5) is 11.4 Å². The van der Waals surface area contributed by atoms with E-state index in [9.17, 15) is 14.4 Å². The van der Waals surface area contributed by atoms with E-state index in [1.54, 1.807) is 67.8 Å². The summed E-state index contributed by atoms with van der Waals surface area (Å²) in [7, 11) is 3.06. The predicted molar refractivity (Wildman–Crippen MR) is 133 cm³/mol. The van der Waals surface area contributed by atoms with Gasteiger partial charge in [0.2, 0.25) is 5.91 Å². The van der Waals surface area contributed by atoms with E-state index in [1.165, 1.54) is 12.0 Å². The van der Waals surface area contributed by atoms with Crippen molar-refractivity contribution in [2.45, 2.75) is 6.42 Å². The molecule has 2 amide bonds. The fourth-order valence-corrected chi connectivity index (χ4v) is 3.83. The molecular weight excluding hydrogens is 464 g/mol. The molecule has 1 heterocycles. The van der Waals surface area contributed by atoms with Crippen molar-refractivity contribution in [2.75, 3.05) is 37.6 Å². The van der Waals surface area contributed by atoms with Crippen molar-refractivity contribution in [3.05, 3.63) is 72.8 Å². The average Bonchev–Trinajstić information content (AvgIpc) is 3.30. The molecule has 186 valence electrons. The third-order valence-corrected chi connectivity index (χ3v) is 5.63. The van der Waals surface area contributed by atoms with Crippen LogP contribution in [0.3, 0.4) is 0 Å². The highest BCUT2D eigenvalue weighted by molar-refractivity contribution is 6.00. The van der Waals surface area contributed by atoms with Crippen molar-refractivity contribution in [2.24, 2.45) is 5.92 Å². The van der Waals surface area contributed by atoms with E-state index in [1.807, 2.05) is 12.1 Å². The number of rotatable bonds is 9. The van der Waals surface area contributed by atoms with Crippen LogP contribution in [-0.2, 0) is 19.1 Å². The van der Waals surface area contributed by atoms with E-state index in [2.05, 4.69) is 5.32 Å². The van der Waals surface area contributed by atoms with Crippen molar-refractivity contribution in [1.82, 2.24) is 0 Å². The van der Waals surface area contributed by atoms with Gasteiger partial charge in [0.15, 0.2) is 18.1 Å². The number of nitrogens with one attached hydrogen (secondary N) is 1. The first-order chi connectivity index (χ1) is 17.5. The highest BCUT2D eigenvalue weighted by atomic mass is 16.5. The summed E-state index contributed by atoms with van der Waals surface area (Å²) < 4.78 is 21.5. The van der Waals surface area contributed by atoms with Crippen LogP contribution in [0.25, 0.3) is 0 Å². The zero-order valence-corrected chi connectivity index (χ0v) is 19.9. The summed E-state index contributed by atoms with van der Waals surface area (Å²) in [5.74, 6) is 0.281. The third kappa shape index (κ3) is 5.75. The molecular formula is C27H26N2O7. The second-order valence-electron chi connectivity index (χ2n) is 8.01. The molecule has 3 aromatic carbocycles. The summed E-state index contributed by atoms with van der Waals surface area (Å²) in [5, 5.41) is 2.64. The van der Waals surface area contributed by atoms with Gasteiger partial charge >= 0.3 is 5.97 Å². The zero-order chi connectivity index (χ0) is 25.5. The fourth-order valence-electron chi connectivity index (χ4n) is 3.83. The lowest BCUT2D eigenvalue weighted by molar-refractivity contribution is -0.151. The van der Waals surface area contributed by atoms with Crippen LogP contribution in [0.2, 0.25) is 0 Å². The molecule has 0 unspecified atom stereocenters. The van der Waals surface area contributed by atoms with Crippen molar-refractivity contribution in [3.8, 4) is 23.0 Å². The molecule has 0 radical (unpaired) electrons. The van der Waals surface area contributed by atoms with Crippen LogP contribution in [-0.4, -0.2) is 45.2 Å². The van der Waals surface area contributed by atoms with E-state index >= 15 is 0 Å². The Balaban J connectivity index is 1.31. The van der Waals surface area contributed by atoms with Gasteiger partial charge in [-0.25, -0.2) is 0 Å². The number of nitrogens with zero attached hydrogens (tertiary/aromatic N) is 1. The van der Waals surface area contributed by atoms with Crippen molar-refractivity contribution in [3.63, 3.8) is 0 Å². The number of ether oxygens (including phenoxy) is 4. The van der Waals surface area contributed by atoms with Crippen LogP contribution in [0.5, 0.6) is 23.0 Å². The number of hydrogen-bond acceptors (Lipinski definition) is 7. The minimum atomic E-state index is -0.666. The Labute approximate surface area is 208 Å². The number of esters is 1. The minimum Gasteiger partial charge on any atom is -0.495 e. The molecule has 36 heavy (non-hydrogen) atoms. The lowest BCUT2D eigenvalue weighted by Crippen LogP contribution is -2.28. The number of hydrogen-bond donors (Lipinski definition) is 1. The van der Waals surface area contributed by atoms with Gasteiger partial charge in [-0.2, -0.15) is 0 Å². The lowest BCUT2D eigenvalue weighted by atomic mass is 10.1. The number of methoxy groups -OCH3 is 2. The van der Waals surface area contributed by atoms with Gasteiger partial charge < -0.3 is 29.2 Å². The fraction of sp³-hybridized carbons (Fsp3) is 0.222. The molecule has 1 atom stereocenters. The normalized spacial score (nSPS) is 14.8. The zero-order valence-electron chi connectivity index (χ0n) is 19.9. The second kappa shape index (κ2) is 11.3. The Morgan fingerprint density at radius 3 is 2.22 bits per heavy atom. The van der Waals surface area contributed by atoms with Gasteiger partial charge in [-0.15, -0.1) is 0 Å². The maximum Gasteiger partial charge on any atom is 0.311 e. The van der Waals surface area contributed by atoms with Gasteiger partial charge in [0, 0.05) is 18.7 Å². The SMILES string of the molecule is COc1ccccc1NC(=O)COC(=O)[C@H]1CC(=O)N(c2ccc(Oc3ccccc3OC)cc2)C1. The standard InChI is InChI=1S/C27H26N2O7/c1-33-22-8-4-3-7-21(22)28-25(30)17-35-27(32)18-15-26(31)29(16-18)19-11-13-20(14-12-19)36-24-10-6-5-9-23(24)34-2/h3-14,18H,15-17H2,1-2H3,(H,28,30)/t18-/m0/s1. The molecule has 1 aliphatic rings. The number of carbonyl (C=O) groups is 3. The molecule has 0 aromatic heterocycles. The molecule has 9 nitrogen and oxygen atoms in total. The first-order valence-electron chi connectivity index (χ1n) is 11.3. The second-order valence-corrected chi connectivity index (χ2v) is 8.01. The summed E-state index contributed by atoms with van der Waals surface area (Å²) in [6.45, 7) is -0.297. The smallest absolute Gasteiger partial charge is 0.311 e. The first-order valence-corrected chi connectivity index (χ1v) is 11.3. The average molecular weight is 491 g/mol. The van der Waals surface area contributed by atoms with E-state index < -0.39 is 24.4 Å². The van der Waals surface area contributed by atoms with Crippen LogP contribution < -0.4 is 24.4 Å². The van der Waals surface area contributed by atoms with Gasteiger partial charge in [-0.05, 0) is 48.5 Å². The monoisotopic (exact) mass is 490 g/mol. The Kier molecular flexibility index (Phi) is 7.69. The quantitative estimate of drug-likeness (QED) is 0.452. The highest BCUT2D eigenvalue weighted by Crippen LogP contribution is 2.33.